The van der Waals surface area contributed by atoms with Crippen molar-refractivity contribution in [3.8, 4) is 0 Å². The molecule has 1 heterocycles. The Balaban J connectivity index is 2.32. The summed E-state index contributed by atoms with van der Waals surface area (Å²) < 4.78 is 0. The minimum absolute atomic E-state index is 0.255. The molecule has 1 fully saturated rings. The Bertz CT molecular complexity index is 285. The molecule has 19 heavy (non-hydrogen) atoms. The van der Waals surface area contributed by atoms with E-state index in [9.17, 15) is 4.79 Å². The first-order valence-corrected chi connectivity index (χ1v) is 7.65. The van der Waals surface area contributed by atoms with Gasteiger partial charge in [0.2, 0.25) is 5.91 Å². The van der Waals surface area contributed by atoms with Gasteiger partial charge in [0.25, 0.3) is 0 Å². The first-order chi connectivity index (χ1) is 8.90. The molecule has 0 saturated carbocycles. The lowest BCUT2D eigenvalue weighted by atomic mass is 9.93. The summed E-state index contributed by atoms with van der Waals surface area (Å²) in [4.78, 5) is 14.0. The van der Waals surface area contributed by atoms with Gasteiger partial charge < -0.3 is 11.1 Å². The predicted octanol–water partition coefficient (Wildman–Crippen LogP) is 1.88. The number of amides is 1. The van der Waals surface area contributed by atoms with E-state index in [0.29, 0.717) is 12.1 Å². The zero-order chi connectivity index (χ0) is 14.5. The van der Waals surface area contributed by atoms with Crippen molar-refractivity contribution in [3.63, 3.8) is 0 Å². The molecule has 3 unspecified atom stereocenters. The molecule has 0 aromatic rings. The van der Waals surface area contributed by atoms with Crippen LogP contribution in [0.2, 0.25) is 0 Å². The summed E-state index contributed by atoms with van der Waals surface area (Å²) in [5.41, 5.74) is 4.88. The van der Waals surface area contributed by atoms with Crippen LogP contribution >= 0.6 is 0 Å². The molecule has 112 valence electrons. The number of piperidine rings is 1. The van der Waals surface area contributed by atoms with E-state index >= 15 is 0 Å². The van der Waals surface area contributed by atoms with Gasteiger partial charge in [0.05, 0.1) is 5.54 Å². The summed E-state index contributed by atoms with van der Waals surface area (Å²) in [5, 5.41) is 3.05. The number of primary amides is 1. The normalized spacial score (nSPS) is 28.0. The van der Waals surface area contributed by atoms with Crippen LogP contribution in [0, 0.1) is 0 Å². The van der Waals surface area contributed by atoms with E-state index < -0.39 is 5.54 Å². The number of carbonyl (C=O) groups excluding carboxylic acids is 1. The number of nitrogens with two attached hydrogens (primary N) is 1. The van der Waals surface area contributed by atoms with Crippen LogP contribution in [0.5, 0.6) is 0 Å². The van der Waals surface area contributed by atoms with Crippen molar-refractivity contribution >= 4 is 5.91 Å². The van der Waals surface area contributed by atoms with Gasteiger partial charge >= 0.3 is 0 Å². The van der Waals surface area contributed by atoms with Crippen molar-refractivity contribution in [2.24, 2.45) is 5.73 Å². The zero-order valence-corrected chi connectivity index (χ0v) is 13.0. The molecule has 0 spiro atoms. The number of hydrogen-bond acceptors (Lipinski definition) is 3. The van der Waals surface area contributed by atoms with E-state index in [0.717, 1.165) is 25.8 Å². The number of nitrogens with zero attached hydrogens (tertiary/aromatic N) is 1. The van der Waals surface area contributed by atoms with Crippen LogP contribution in [0.3, 0.4) is 0 Å². The van der Waals surface area contributed by atoms with Gasteiger partial charge in [0, 0.05) is 12.1 Å². The number of rotatable bonds is 7. The van der Waals surface area contributed by atoms with E-state index in [4.69, 9.17) is 5.73 Å². The Morgan fingerprint density at radius 3 is 2.37 bits per heavy atom. The molecule has 3 N–H and O–H groups in total. The van der Waals surface area contributed by atoms with Crippen LogP contribution in [0.15, 0.2) is 0 Å². The third-order valence-corrected chi connectivity index (χ3v) is 4.81. The van der Waals surface area contributed by atoms with Crippen molar-refractivity contribution in [2.45, 2.75) is 76.9 Å². The van der Waals surface area contributed by atoms with Crippen molar-refractivity contribution in [3.05, 3.63) is 0 Å². The molecule has 0 aromatic heterocycles. The second-order valence-electron chi connectivity index (χ2n) is 6.27. The van der Waals surface area contributed by atoms with E-state index in [2.05, 4.69) is 24.1 Å². The number of likely N-dealkylation sites (tertiary alicyclic amines) is 1. The fraction of sp³-hybridized carbons (Fsp3) is 0.933. The van der Waals surface area contributed by atoms with Crippen LogP contribution < -0.4 is 11.1 Å². The fourth-order valence-corrected chi connectivity index (χ4v) is 3.06. The predicted molar refractivity (Wildman–Crippen MR) is 80.0 cm³/mol. The van der Waals surface area contributed by atoms with Crippen LogP contribution in [-0.4, -0.2) is 42.0 Å². The molecule has 1 aliphatic heterocycles. The highest BCUT2D eigenvalue weighted by molar-refractivity contribution is 5.84. The highest BCUT2D eigenvalue weighted by Gasteiger charge is 2.28. The molecule has 0 radical (unpaired) electrons. The van der Waals surface area contributed by atoms with E-state index in [1.807, 2.05) is 6.92 Å². The van der Waals surface area contributed by atoms with Gasteiger partial charge in [0.1, 0.15) is 0 Å². The second kappa shape index (κ2) is 7.25. The molecule has 1 saturated heterocycles. The Morgan fingerprint density at radius 2 is 1.89 bits per heavy atom. The van der Waals surface area contributed by atoms with Gasteiger partial charge in [-0.05, 0) is 66.5 Å². The van der Waals surface area contributed by atoms with Gasteiger partial charge in [-0.1, -0.05) is 6.42 Å². The van der Waals surface area contributed by atoms with E-state index in [1.54, 1.807) is 7.05 Å². The first-order valence-electron chi connectivity index (χ1n) is 7.65. The Morgan fingerprint density at radius 1 is 1.32 bits per heavy atom. The van der Waals surface area contributed by atoms with Crippen molar-refractivity contribution in [1.29, 1.82) is 0 Å². The molecule has 1 aliphatic rings. The molecule has 0 aromatic carbocycles. The second-order valence-corrected chi connectivity index (χ2v) is 6.27. The number of carbonyl (C=O) groups is 1. The molecular formula is C15H31N3O. The number of likely N-dealkylation sites (N-methyl/N-ethyl adjacent to an activating group) is 1. The summed E-state index contributed by atoms with van der Waals surface area (Å²) in [7, 11) is 1.81. The fourth-order valence-electron chi connectivity index (χ4n) is 3.06. The molecular weight excluding hydrogens is 238 g/mol. The lowest BCUT2D eigenvalue weighted by Gasteiger charge is -2.39. The van der Waals surface area contributed by atoms with E-state index in [-0.39, 0.29) is 5.91 Å². The monoisotopic (exact) mass is 269 g/mol. The Kier molecular flexibility index (Phi) is 6.27. The molecule has 1 amide bonds. The topological polar surface area (TPSA) is 58.4 Å². The maximum Gasteiger partial charge on any atom is 0.237 e. The lowest BCUT2D eigenvalue weighted by Crippen LogP contribution is -2.51. The standard InChI is InChI=1S/C15H31N3O/c1-12-8-7-9-13(2)18(12)11-6-5-10-15(3,17-4)14(16)19/h12-13,17H,5-11H2,1-4H3,(H2,16,19). The van der Waals surface area contributed by atoms with Gasteiger partial charge in [-0.3, -0.25) is 9.69 Å². The van der Waals surface area contributed by atoms with Crippen LogP contribution in [0.1, 0.15) is 59.3 Å². The summed E-state index contributed by atoms with van der Waals surface area (Å²) in [6, 6.07) is 1.41. The summed E-state index contributed by atoms with van der Waals surface area (Å²) >= 11 is 0. The molecule has 4 heteroatoms. The Labute approximate surface area is 118 Å². The van der Waals surface area contributed by atoms with E-state index in [1.165, 1.54) is 19.3 Å². The van der Waals surface area contributed by atoms with Crippen LogP contribution in [-0.2, 0) is 4.79 Å². The minimum atomic E-state index is -0.556. The number of nitrogens with one attached hydrogen (secondary N) is 1. The average molecular weight is 269 g/mol. The minimum Gasteiger partial charge on any atom is -0.368 e. The van der Waals surface area contributed by atoms with Crippen LogP contribution in [0.4, 0.5) is 0 Å². The highest BCUT2D eigenvalue weighted by atomic mass is 16.1. The highest BCUT2D eigenvalue weighted by Crippen LogP contribution is 2.23. The quantitative estimate of drug-likeness (QED) is 0.694. The van der Waals surface area contributed by atoms with Crippen molar-refractivity contribution in [1.82, 2.24) is 10.2 Å². The SMILES string of the molecule is CNC(C)(CCCCN1C(C)CCCC1C)C(N)=O. The first kappa shape index (κ1) is 16.4. The third kappa shape index (κ3) is 4.46. The Hall–Kier alpha value is -0.610. The molecule has 4 nitrogen and oxygen atoms in total. The summed E-state index contributed by atoms with van der Waals surface area (Å²) in [6.45, 7) is 7.69. The van der Waals surface area contributed by atoms with Gasteiger partial charge in [-0.15, -0.1) is 0 Å². The maximum atomic E-state index is 11.4. The lowest BCUT2D eigenvalue weighted by molar-refractivity contribution is -0.123. The number of hydrogen-bond donors (Lipinski definition) is 2. The van der Waals surface area contributed by atoms with Crippen molar-refractivity contribution in [2.75, 3.05) is 13.6 Å². The van der Waals surface area contributed by atoms with Gasteiger partial charge in [0.15, 0.2) is 0 Å². The largest absolute Gasteiger partial charge is 0.368 e. The summed E-state index contributed by atoms with van der Waals surface area (Å²) in [5.74, 6) is -0.255. The molecule has 1 rings (SSSR count). The smallest absolute Gasteiger partial charge is 0.237 e. The molecule has 0 bridgehead atoms. The van der Waals surface area contributed by atoms with Crippen LogP contribution in [0.25, 0.3) is 0 Å². The maximum absolute atomic E-state index is 11.4. The zero-order valence-electron chi connectivity index (χ0n) is 13.0. The average Bonchev–Trinajstić information content (AvgIpc) is 2.36. The number of unbranched alkanes of at least 4 members (excludes halogenated alkanes) is 1. The van der Waals surface area contributed by atoms with Crippen molar-refractivity contribution < 1.29 is 4.79 Å². The third-order valence-electron chi connectivity index (χ3n) is 4.81. The summed E-state index contributed by atoms with van der Waals surface area (Å²) in [6.07, 6.45) is 6.99. The van der Waals surface area contributed by atoms with Gasteiger partial charge in [-0.25, -0.2) is 0 Å². The molecule has 3 atom stereocenters. The van der Waals surface area contributed by atoms with Gasteiger partial charge in [-0.2, -0.15) is 0 Å². The molecule has 0 aliphatic carbocycles.